The molecule has 2 atom stereocenters. The van der Waals surface area contributed by atoms with E-state index in [2.05, 4.69) is 35.0 Å². The molecule has 0 fully saturated rings. The Morgan fingerprint density at radius 2 is 1.47 bits per heavy atom. The monoisotopic (exact) mass is 292 g/mol. The van der Waals surface area contributed by atoms with Gasteiger partial charge in [0.25, 0.3) is 0 Å². The summed E-state index contributed by atoms with van der Waals surface area (Å²) in [4.78, 5) is 0.200. The SMILES string of the molecule is CC(c1ccccc1)C(Br)c1ccc(F)cc1. The van der Waals surface area contributed by atoms with Gasteiger partial charge in [-0.3, -0.25) is 0 Å². The second-order valence-corrected chi connectivity index (χ2v) is 5.14. The maximum atomic E-state index is 12.9. The fraction of sp³-hybridized carbons (Fsp3) is 0.200. The van der Waals surface area contributed by atoms with Gasteiger partial charge in [0.15, 0.2) is 0 Å². The molecule has 0 aliphatic rings. The van der Waals surface area contributed by atoms with E-state index in [9.17, 15) is 4.39 Å². The minimum atomic E-state index is -0.194. The maximum absolute atomic E-state index is 12.9. The average molecular weight is 293 g/mol. The maximum Gasteiger partial charge on any atom is 0.123 e. The van der Waals surface area contributed by atoms with Crippen LogP contribution in [0.4, 0.5) is 4.39 Å². The predicted octanol–water partition coefficient (Wildman–Crippen LogP) is 5.07. The highest BCUT2D eigenvalue weighted by molar-refractivity contribution is 9.09. The van der Waals surface area contributed by atoms with E-state index in [0.29, 0.717) is 5.92 Å². The Balaban J connectivity index is 2.20. The number of halogens is 2. The Kier molecular flexibility index (Phi) is 3.95. The summed E-state index contributed by atoms with van der Waals surface area (Å²) in [5.41, 5.74) is 2.38. The summed E-state index contributed by atoms with van der Waals surface area (Å²) in [7, 11) is 0. The highest BCUT2D eigenvalue weighted by Crippen LogP contribution is 2.37. The van der Waals surface area contributed by atoms with E-state index in [0.717, 1.165) is 5.56 Å². The van der Waals surface area contributed by atoms with Crippen LogP contribution in [-0.2, 0) is 0 Å². The topological polar surface area (TPSA) is 0 Å². The highest BCUT2D eigenvalue weighted by Gasteiger charge is 2.17. The minimum Gasteiger partial charge on any atom is -0.207 e. The van der Waals surface area contributed by atoms with Crippen LogP contribution in [-0.4, -0.2) is 0 Å². The van der Waals surface area contributed by atoms with Crippen LogP contribution in [0, 0.1) is 5.82 Å². The third-order valence-corrected chi connectivity index (χ3v) is 4.27. The molecule has 88 valence electrons. The number of benzene rings is 2. The van der Waals surface area contributed by atoms with Gasteiger partial charge >= 0.3 is 0 Å². The summed E-state index contributed by atoms with van der Waals surface area (Å²) in [6.45, 7) is 2.16. The molecule has 2 aromatic carbocycles. The molecule has 2 unspecified atom stereocenters. The molecule has 0 N–H and O–H groups in total. The molecule has 0 aliphatic heterocycles. The van der Waals surface area contributed by atoms with Crippen LogP contribution in [0.25, 0.3) is 0 Å². The van der Waals surface area contributed by atoms with Crippen molar-refractivity contribution in [2.24, 2.45) is 0 Å². The van der Waals surface area contributed by atoms with Crippen molar-refractivity contribution in [2.75, 3.05) is 0 Å². The lowest BCUT2D eigenvalue weighted by molar-refractivity contribution is 0.626. The Hall–Kier alpha value is -1.15. The van der Waals surface area contributed by atoms with Crippen LogP contribution in [0.1, 0.15) is 28.8 Å². The summed E-state index contributed by atoms with van der Waals surface area (Å²) in [6, 6.07) is 17.0. The molecule has 0 radical (unpaired) electrons. The van der Waals surface area contributed by atoms with E-state index >= 15 is 0 Å². The van der Waals surface area contributed by atoms with Crippen molar-refractivity contribution < 1.29 is 4.39 Å². The fourth-order valence-corrected chi connectivity index (χ4v) is 2.47. The lowest BCUT2D eigenvalue weighted by Crippen LogP contribution is -2.01. The summed E-state index contributed by atoms with van der Waals surface area (Å²) < 4.78 is 12.9. The van der Waals surface area contributed by atoms with Crippen LogP contribution >= 0.6 is 15.9 Å². The number of hydrogen-bond donors (Lipinski definition) is 0. The molecule has 17 heavy (non-hydrogen) atoms. The third kappa shape index (κ3) is 2.95. The van der Waals surface area contributed by atoms with Crippen LogP contribution < -0.4 is 0 Å². The van der Waals surface area contributed by atoms with Crippen molar-refractivity contribution in [3.63, 3.8) is 0 Å². The fourth-order valence-electron chi connectivity index (χ4n) is 1.86. The Morgan fingerprint density at radius 1 is 0.882 bits per heavy atom. The quantitative estimate of drug-likeness (QED) is 0.693. The summed E-state index contributed by atoms with van der Waals surface area (Å²) in [6.07, 6.45) is 0. The van der Waals surface area contributed by atoms with Crippen molar-refractivity contribution in [3.8, 4) is 0 Å². The van der Waals surface area contributed by atoms with E-state index in [4.69, 9.17) is 0 Å². The largest absolute Gasteiger partial charge is 0.207 e. The zero-order chi connectivity index (χ0) is 12.3. The number of alkyl halides is 1. The molecule has 0 spiro atoms. The molecule has 2 aromatic rings. The van der Waals surface area contributed by atoms with Gasteiger partial charge in [-0.1, -0.05) is 65.3 Å². The van der Waals surface area contributed by atoms with Gasteiger partial charge in [-0.25, -0.2) is 4.39 Å². The Morgan fingerprint density at radius 3 is 2.06 bits per heavy atom. The second kappa shape index (κ2) is 5.46. The summed E-state index contributed by atoms with van der Waals surface area (Å²) in [5.74, 6) is 0.155. The van der Waals surface area contributed by atoms with Crippen molar-refractivity contribution in [1.82, 2.24) is 0 Å². The third-order valence-electron chi connectivity index (χ3n) is 2.95. The molecule has 0 saturated carbocycles. The predicted molar refractivity (Wildman–Crippen MR) is 72.9 cm³/mol. The molecular formula is C15H14BrF. The average Bonchev–Trinajstić information content (AvgIpc) is 2.39. The molecule has 2 rings (SSSR count). The highest BCUT2D eigenvalue weighted by atomic mass is 79.9. The molecule has 0 heterocycles. The molecule has 0 aromatic heterocycles. The summed E-state index contributed by atoms with van der Waals surface area (Å²) >= 11 is 3.69. The van der Waals surface area contributed by atoms with E-state index in [1.807, 2.05) is 30.3 Å². The first-order valence-electron chi connectivity index (χ1n) is 5.63. The van der Waals surface area contributed by atoms with Gasteiger partial charge in [0.2, 0.25) is 0 Å². The van der Waals surface area contributed by atoms with Gasteiger partial charge in [0.05, 0.1) is 0 Å². The van der Waals surface area contributed by atoms with Gasteiger partial charge in [-0.2, -0.15) is 0 Å². The molecule has 0 nitrogen and oxygen atoms in total. The smallest absolute Gasteiger partial charge is 0.123 e. The normalized spacial score (nSPS) is 14.3. The Labute approximate surface area is 110 Å². The lowest BCUT2D eigenvalue weighted by atomic mass is 9.94. The van der Waals surface area contributed by atoms with Gasteiger partial charge in [0.1, 0.15) is 5.82 Å². The van der Waals surface area contributed by atoms with Crippen molar-refractivity contribution in [1.29, 1.82) is 0 Å². The molecule has 0 saturated heterocycles. The van der Waals surface area contributed by atoms with Crippen LogP contribution in [0.5, 0.6) is 0 Å². The van der Waals surface area contributed by atoms with Crippen LogP contribution in [0.2, 0.25) is 0 Å². The lowest BCUT2D eigenvalue weighted by Gasteiger charge is -2.19. The van der Waals surface area contributed by atoms with Crippen molar-refractivity contribution >= 4 is 15.9 Å². The first kappa shape index (κ1) is 12.3. The first-order valence-corrected chi connectivity index (χ1v) is 6.54. The summed E-state index contributed by atoms with van der Waals surface area (Å²) in [5, 5.41) is 0. The van der Waals surface area contributed by atoms with Crippen LogP contribution in [0.3, 0.4) is 0 Å². The first-order chi connectivity index (χ1) is 8.18. The molecule has 0 aliphatic carbocycles. The zero-order valence-corrected chi connectivity index (χ0v) is 11.2. The van der Waals surface area contributed by atoms with Crippen LogP contribution in [0.15, 0.2) is 54.6 Å². The molecule has 0 amide bonds. The van der Waals surface area contributed by atoms with E-state index in [1.54, 1.807) is 0 Å². The zero-order valence-electron chi connectivity index (χ0n) is 9.61. The van der Waals surface area contributed by atoms with Gasteiger partial charge in [0, 0.05) is 4.83 Å². The van der Waals surface area contributed by atoms with E-state index < -0.39 is 0 Å². The second-order valence-electron chi connectivity index (χ2n) is 4.15. The minimum absolute atomic E-state index is 0.194. The molecule has 2 heteroatoms. The number of hydrogen-bond acceptors (Lipinski definition) is 0. The van der Waals surface area contributed by atoms with Gasteiger partial charge < -0.3 is 0 Å². The number of rotatable bonds is 3. The standard InChI is InChI=1S/C15H14BrF/c1-11(12-5-3-2-4-6-12)15(16)13-7-9-14(17)10-8-13/h2-11,15H,1H3. The molecule has 0 bridgehead atoms. The van der Waals surface area contributed by atoms with E-state index in [-0.39, 0.29) is 10.6 Å². The Bertz CT molecular complexity index is 464. The van der Waals surface area contributed by atoms with Crippen molar-refractivity contribution in [2.45, 2.75) is 17.7 Å². The van der Waals surface area contributed by atoms with E-state index in [1.165, 1.54) is 17.7 Å². The molecular weight excluding hydrogens is 279 g/mol. The van der Waals surface area contributed by atoms with Gasteiger partial charge in [-0.05, 0) is 29.2 Å². The van der Waals surface area contributed by atoms with Crippen molar-refractivity contribution in [3.05, 3.63) is 71.5 Å². The van der Waals surface area contributed by atoms with Gasteiger partial charge in [-0.15, -0.1) is 0 Å².